The highest BCUT2D eigenvalue weighted by molar-refractivity contribution is 7.13. The van der Waals surface area contributed by atoms with Crippen molar-refractivity contribution in [2.24, 2.45) is 11.7 Å². The van der Waals surface area contributed by atoms with Gasteiger partial charge in [0, 0.05) is 49.8 Å². The molecule has 1 aromatic heterocycles. The first-order valence-electron chi connectivity index (χ1n) is 10.8. The maximum Gasteiger partial charge on any atom is 0.0736 e. The topological polar surface area (TPSA) is 56.6 Å². The van der Waals surface area contributed by atoms with Crippen molar-refractivity contribution in [3.63, 3.8) is 0 Å². The quantitative estimate of drug-likeness (QED) is 0.724. The van der Waals surface area contributed by atoms with Crippen molar-refractivity contribution in [2.45, 2.75) is 19.4 Å². The number of anilines is 2. The lowest BCUT2D eigenvalue weighted by Gasteiger charge is -2.31. The van der Waals surface area contributed by atoms with Crippen LogP contribution in [0.2, 0.25) is 0 Å². The second-order valence-electron chi connectivity index (χ2n) is 8.44. The number of rotatable bonds is 4. The lowest BCUT2D eigenvalue weighted by atomic mass is 10.0. The Morgan fingerprint density at radius 2 is 1.90 bits per heavy atom. The first-order valence-corrected chi connectivity index (χ1v) is 11.6. The van der Waals surface area contributed by atoms with Gasteiger partial charge in [-0.2, -0.15) is 0 Å². The summed E-state index contributed by atoms with van der Waals surface area (Å²) in [7, 11) is 0. The second kappa shape index (κ2) is 8.01. The number of hydrogen-bond donors (Lipinski definition) is 3. The summed E-state index contributed by atoms with van der Waals surface area (Å²) in [6.45, 7) is 9.48. The van der Waals surface area contributed by atoms with Crippen molar-refractivity contribution in [3.8, 4) is 0 Å². The number of aryl methyl sites for hydroxylation is 1. The molecule has 0 aliphatic carbocycles. The molecule has 0 saturated carbocycles. The molecule has 2 saturated heterocycles. The van der Waals surface area contributed by atoms with Crippen molar-refractivity contribution < 1.29 is 0 Å². The Hall–Kier alpha value is -2.02. The van der Waals surface area contributed by atoms with E-state index in [0.29, 0.717) is 5.92 Å². The molecule has 6 heteroatoms. The summed E-state index contributed by atoms with van der Waals surface area (Å²) in [4.78, 5) is 7.76. The van der Waals surface area contributed by atoms with Gasteiger partial charge in [-0.1, -0.05) is 12.1 Å². The van der Waals surface area contributed by atoms with Crippen LogP contribution >= 0.6 is 11.3 Å². The molecule has 4 heterocycles. The Kier molecular flexibility index (Phi) is 5.24. The number of likely N-dealkylation sites (tertiary alicyclic amines) is 1. The van der Waals surface area contributed by atoms with Gasteiger partial charge in [-0.3, -0.25) is 0 Å². The Balaban J connectivity index is 1.41. The molecule has 0 spiro atoms. The van der Waals surface area contributed by atoms with Gasteiger partial charge >= 0.3 is 0 Å². The molecule has 29 heavy (non-hydrogen) atoms. The fourth-order valence-corrected chi connectivity index (χ4v) is 5.77. The van der Waals surface area contributed by atoms with Crippen LogP contribution in [0.5, 0.6) is 0 Å². The Labute approximate surface area is 177 Å². The molecule has 5 nitrogen and oxygen atoms in total. The first kappa shape index (κ1) is 19.0. The molecule has 154 valence electrons. The van der Waals surface area contributed by atoms with E-state index in [2.05, 4.69) is 63.8 Å². The number of fused-ring (bicyclic) bond motifs is 1. The van der Waals surface area contributed by atoms with Gasteiger partial charge in [0.05, 0.1) is 22.3 Å². The summed E-state index contributed by atoms with van der Waals surface area (Å²) in [5.74, 6) is 0.618. The molecule has 1 aromatic carbocycles. The molecule has 0 amide bonds. The first-order chi connectivity index (χ1) is 14.2. The van der Waals surface area contributed by atoms with Crippen molar-refractivity contribution in [1.82, 2.24) is 10.2 Å². The zero-order valence-corrected chi connectivity index (χ0v) is 18.0. The Morgan fingerprint density at radius 3 is 2.62 bits per heavy atom. The highest BCUT2D eigenvalue weighted by atomic mass is 32.1. The molecule has 2 atom stereocenters. The van der Waals surface area contributed by atoms with E-state index < -0.39 is 0 Å². The maximum absolute atomic E-state index is 5.95. The molecule has 0 radical (unpaired) electrons. The van der Waals surface area contributed by atoms with E-state index in [9.17, 15) is 0 Å². The smallest absolute Gasteiger partial charge is 0.0736 e. The van der Waals surface area contributed by atoms with E-state index in [1.807, 2.05) is 11.3 Å². The predicted octanol–water partition coefficient (Wildman–Crippen LogP) is 3.25. The maximum atomic E-state index is 5.95. The van der Waals surface area contributed by atoms with E-state index in [1.54, 1.807) is 0 Å². The second-order valence-corrected chi connectivity index (χ2v) is 9.70. The van der Waals surface area contributed by atoms with Gasteiger partial charge in [-0.15, -0.1) is 11.3 Å². The van der Waals surface area contributed by atoms with Gasteiger partial charge in [-0.25, -0.2) is 0 Å². The Morgan fingerprint density at radius 1 is 1.10 bits per heavy atom. The minimum Gasteiger partial charge on any atom is -0.373 e. The summed E-state index contributed by atoms with van der Waals surface area (Å²) in [5.41, 5.74) is 11.3. The molecule has 3 aliphatic heterocycles. The third-order valence-corrected chi connectivity index (χ3v) is 7.49. The zero-order valence-electron chi connectivity index (χ0n) is 17.2. The lowest BCUT2D eigenvalue weighted by Crippen LogP contribution is -2.43. The van der Waals surface area contributed by atoms with E-state index in [1.165, 1.54) is 38.8 Å². The standard InChI is InChI=1S/C23H31N5S/c1-16-12-21-23(29-16)22(28-9-6-17(14-24)15-28)13-20(26-21)18-2-4-19(5-3-18)27-10-7-25-8-11-27/h2-5,12-13,17,20,25-26H,6-11,14-15,24H2,1H3. The number of nitrogens with one attached hydrogen (secondary N) is 2. The van der Waals surface area contributed by atoms with Crippen molar-refractivity contribution in [1.29, 1.82) is 0 Å². The number of hydrogen-bond acceptors (Lipinski definition) is 6. The minimum absolute atomic E-state index is 0.209. The van der Waals surface area contributed by atoms with Gasteiger partial charge in [0.25, 0.3) is 0 Å². The van der Waals surface area contributed by atoms with Crippen LogP contribution < -0.4 is 21.3 Å². The van der Waals surface area contributed by atoms with Crippen LogP contribution in [0, 0.1) is 12.8 Å². The van der Waals surface area contributed by atoms with Crippen LogP contribution in [0.4, 0.5) is 11.4 Å². The van der Waals surface area contributed by atoms with E-state index in [4.69, 9.17) is 5.73 Å². The molecule has 5 rings (SSSR count). The third-order valence-electron chi connectivity index (χ3n) is 6.42. The van der Waals surface area contributed by atoms with Crippen LogP contribution in [0.1, 0.15) is 27.8 Å². The van der Waals surface area contributed by atoms with E-state index in [-0.39, 0.29) is 6.04 Å². The third kappa shape index (κ3) is 3.77. The average Bonchev–Trinajstić information content (AvgIpc) is 3.39. The fraction of sp³-hybridized carbons (Fsp3) is 0.478. The van der Waals surface area contributed by atoms with Crippen LogP contribution in [0.3, 0.4) is 0 Å². The predicted molar refractivity (Wildman–Crippen MR) is 124 cm³/mol. The van der Waals surface area contributed by atoms with Crippen molar-refractivity contribution in [3.05, 3.63) is 51.7 Å². The number of piperazine rings is 1. The van der Waals surface area contributed by atoms with Crippen LogP contribution in [-0.2, 0) is 0 Å². The Bertz CT molecular complexity index is 881. The molecule has 2 fully saturated rings. The molecule has 2 unspecified atom stereocenters. The van der Waals surface area contributed by atoms with Crippen LogP contribution in [0.25, 0.3) is 5.70 Å². The fourth-order valence-electron chi connectivity index (χ4n) is 4.74. The van der Waals surface area contributed by atoms with E-state index in [0.717, 1.165) is 45.8 Å². The summed E-state index contributed by atoms with van der Waals surface area (Å²) in [5, 5.41) is 7.20. The summed E-state index contributed by atoms with van der Waals surface area (Å²) >= 11 is 1.90. The molecule has 3 aliphatic rings. The lowest BCUT2D eigenvalue weighted by molar-refractivity contribution is 0.461. The van der Waals surface area contributed by atoms with Gasteiger partial charge in [-0.05, 0) is 55.6 Å². The number of nitrogens with zero attached hydrogens (tertiary/aromatic N) is 2. The van der Waals surface area contributed by atoms with Crippen LogP contribution in [-0.4, -0.2) is 50.7 Å². The van der Waals surface area contributed by atoms with Crippen LogP contribution in [0.15, 0.2) is 36.4 Å². The molecule has 4 N–H and O–H groups in total. The number of nitrogens with two attached hydrogens (primary N) is 1. The van der Waals surface area contributed by atoms with Gasteiger partial charge in [0.1, 0.15) is 0 Å². The monoisotopic (exact) mass is 409 g/mol. The summed E-state index contributed by atoms with van der Waals surface area (Å²) < 4.78 is 0. The summed E-state index contributed by atoms with van der Waals surface area (Å²) in [6, 6.07) is 11.7. The normalized spacial score (nSPS) is 24.3. The van der Waals surface area contributed by atoms with E-state index >= 15 is 0 Å². The SMILES string of the molecule is Cc1cc2c(s1)C(N1CCC(CN)C1)=CC(c1ccc(N3CCNCC3)cc1)N2. The number of benzene rings is 1. The van der Waals surface area contributed by atoms with Crippen molar-refractivity contribution >= 4 is 28.4 Å². The largest absolute Gasteiger partial charge is 0.373 e. The average molecular weight is 410 g/mol. The zero-order chi connectivity index (χ0) is 19.8. The number of thiophene rings is 1. The highest BCUT2D eigenvalue weighted by Gasteiger charge is 2.30. The molecular formula is C23H31N5S. The summed E-state index contributed by atoms with van der Waals surface area (Å²) in [6.07, 6.45) is 3.63. The van der Waals surface area contributed by atoms with Gasteiger partial charge < -0.3 is 26.2 Å². The van der Waals surface area contributed by atoms with Gasteiger partial charge in [0.15, 0.2) is 0 Å². The molecule has 0 bridgehead atoms. The van der Waals surface area contributed by atoms with Gasteiger partial charge in [0.2, 0.25) is 0 Å². The van der Waals surface area contributed by atoms with Crippen molar-refractivity contribution in [2.75, 3.05) is 56.0 Å². The minimum atomic E-state index is 0.209. The highest BCUT2D eigenvalue weighted by Crippen LogP contribution is 2.43. The molecular weight excluding hydrogens is 378 g/mol. The molecule has 2 aromatic rings.